The van der Waals surface area contributed by atoms with Crippen molar-refractivity contribution < 1.29 is 0 Å². The Bertz CT molecular complexity index is 492. The fourth-order valence-corrected chi connectivity index (χ4v) is 1.82. The van der Waals surface area contributed by atoms with Crippen molar-refractivity contribution >= 4 is 34.2 Å². The monoisotopic (exact) mass is 230 g/mol. The summed E-state index contributed by atoms with van der Waals surface area (Å²) in [5.41, 5.74) is 2.35. The van der Waals surface area contributed by atoms with E-state index in [9.17, 15) is 0 Å². The van der Waals surface area contributed by atoms with Gasteiger partial charge >= 0.3 is 0 Å². The fraction of sp³-hybridized carbons (Fsp3) is 0.375. The molecule has 0 saturated heterocycles. The SMILES string of the molecule is Cc1nn(C)c2c(Cl)nc(CCl)nc12. The van der Waals surface area contributed by atoms with Gasteiger partial charge in [-0.2, -0.15) is 5.10 Å². The molecule has 14 heavy (non-hydrogen) atoms. The van der Waals surface area contributed by atoms with Gasteiger partial charge in [-0.1, -0.05) is 11.6 Å². The smallest absolute Gasteiger partial charge is 0.158 e. The molecule has 0 fully saturated rings. The zero-order chi connectivity index (χ0) is 10.3. The van der Waals surface area contributed by atoms with E-state index in [2.05, 4.69) is 15.1 Å². The highest BCUT2D eigenvalue weighted by Gasteiger charge is 2.12. The van der Waals surface area contributed by atoms with Gasteiger partial charge in [0.25, 0.3) is 0 Å². The Hall–Kier alpha value is -0.870. The van der Waals surface area contributed by atoms with Crippen molar-refractivity contribution in [1.29, 1.82) is 0 Å². The third-order valence-electron chi connectivity index (χ3n) is 1.97. The maximum Gasteiger partial charge on any atom is 0.158 e. The summed E-state index contributed by atoms with van der Waals surface area (Å²) in [6.45, 7) is 1.88. The van der Waals surface area contributed by atoms with E-state index < -0.39 is 0 Å². The number of hydrogen-bond donors (Lipinski definition) is 0. The molecule has 0 aromatic carbocycles. The van der Waals surface area contributed by atoms with Crippen molar-refractivity contribution in [2.45, 2.75) is 12.8 Å². The first-order valence-corrected chi connectivity index (χ1v) is 4.96. The van der Waals surface area contributed by atoms with Gasteiger partial charge in [0.05, 0.1) is 11.6 Å². The average Bonchev–Trinajstić information content (AvgIpc) is 2.42. The molecule has 0 radical (unpaired) electrons. The molecule has 2 rings (SSSR count). The van der Waals surface area contributed by atoms with E-state index in [1.54, 1.807) is 4.68 Å². The van der Waals surface area contributed by atoms with Gasteiger partial charge in [0.15, 0.2) is 5.15 Å². The number of fused-ring (bicyclic) bond motifs is 1. The highest BCUT2D eigenvalue weighted by molar-refractivity contribution is 6.33. The Morgan fingerprint density at radius 2 is 2.07 bits per heavy atom. The van der Waals surface area contributed by atoms with E-state index in [1.807, 2.05) is 14.0 Å². The number of halogens is 2. The molecule has 0 amide bonds. The van der Waals surface area contributed by atoms with Crippen molar-refractivity contribution in [2.75, 3.05) is 0 Å². The summed E-state index contributed by atoms with van der Waals surface area (Å²) in [4.78, 5) is 8.32. The highest BCUT2D eigenvalue weighted by atomic mass is 35.5. The van der Waals surface area contributed by atoms with Crippen LogP contribution in [-0.4, -0.2) is 19.7 Å². The number of hydrogen-bond acceptors (Lipinski definition) is 3. The van der Waals surface area contributed by atoms with Crippen LogP contribution in [0.1, 0.15) is 11.5 Å². The highest BCUT2D eigenvalue weighted by Crippen LogP contribution is 2.22. The van der Waals surface area contributed by atoms with E-state index >= 15 is 0 Å². The number of rotatable bonds is 1. The minimum Gasteiger partial charge on any atom is -0.263 e. The second-order valence-electron chi connectivity index (χ2n) is 2.97. The summed E-state index contributed by atoms with van der Waals surface area (Å²) in [5, 5.41) is 4.61. The van der Waals surface area contributed by atoms with E-state index in [1.165, 1.54) is 0 Å². The number of aromatic nitrogens is 4. The predicted molar refractivity (Wildman–Crippen MR) is 55.6 cm³/mol. The quantitative estimate of drug-likeness (QED) is 0.557. The number of alkyl halides is 1. The Labute approximate surface area is 90.9 Å². The number of nitrogens with zero attached hydrogens (tertiary/aromatic N) is 4. The van der Waals surface area contributed by atoms with Crippen LogP contribution in [-0.2, 0) is 12.9 Å². The van der Waals surface area contributed by atoms with Gasteiger partial charge in [-0.15, -0.1) is 11.6 Å². The molecular weight excluding hydrogens is 223 g/mol. The van der Waals surface area contributed by atoms with Crippen LogP contribution in [0.25, 0.3) is 11.0 Å². The first kappa shape index (κ1) is 9.68. The van der Waals surface area contributed by atoms with Crippen LogP contribution >= 0.6 is 23.2 Å². The minimum atomic E-state index is 0.254. The molecular formula is C8H8Cl2N4. The average molecular weight is 231 g/mol. The molecule has 0 unspecified atom stereocenters. The summed E-state index contributed by atoms with van der Waals surface area (Å²) < 4.78 is 1.67. The van der Waals surface area contributed by atoms with Gasteiger partial charge in [-0.25, -0.2) is 9.97 Å². The second-order valence-corrected chi connectivity index (χ2v) is 3.60. The molecule has 4 nitrogen and oxygen atoms in total. The lowest BCUT2D eigenvalue weighted by molar-refractivity contribution is 0.782. The summed E-state index contributed by atoms with van der Waals surface area (Å²) in [5.74, 6) is 0.782. The lowest BCUT2D eigenvalue weighted by atomic mass is 10.3. The zero-order valence-corrected chi connectivity index (χ0v) is 9.26. The summed E-state index contributed by atoms with van der Waals surface area (Å²) in [6.07, 6.45) is 0. The van der Waals surface area contributed by atoms with Gasteiger partial charge in [-0.3, -0.25) is 4.68 Å². The Kier molecular flexibility index (Phi) is 2.33. The van der Waals surface area contributed by atoms with Gasteiger partial charge in [0.2, 0.25) is 0 Å². The van der Waals surface area contributed by atoms with Gasteiger partial charge in [0, 0.05) is 7.05 Å². The molecule has 0 atom stereocenters. The van der Waals surface area contributed by atoms with Gasteiger partial charge < -0.3 is 0 Å². The molecule has 0 spiro atoms. The Morgan fingerprint density at radius 3 is 2.71 bits per heavy atom. The Balaban J connectivity index is 2.86. The lowest BCUT2D eigenvalue weighted by Gasteiger charge is -1.98. The molecule has 0 bridgehead atoms. The van der Waals surface area contributed by atoms with Crippen LogP contribution in [0, 0.1) is 6.92 Å². The molecule has 0 aliphatic rings. The van der Waals surface area contributed by atoms with Crippen molar-refractivity contribution in [3.63, 3.8) is 0 Å². The molecule has 0 aliphatic carbocycles. The van der Waals surface area contributed by atoms with E-state index in [4.69, 9.17) is 23.2 Å². The van der Waals surface area contributed by atoms with Crippen LogP contribution in [0.15, 0.2) is 0 Å². The predicted octanol–water partition coefficient (Wildman–Crippen LogP) is 2.06. The minimum absolute atomic E-state index is 0.254. The molecule has 2 heterocycles. The van der Waals surface area contributed by atoms with Gasteiger partial charge in [-0.05, 0) is 6.92 Å². The van der Waals surface area contributed by atoms with Crippen LogP contribution in [0.3, 0.4) is 0 Å². The maximum atomic E-state index is 5.99. The van der Waals surface area contributed by atoms with Gasteiger partial charge in [0.1, 0.15) is 16.9 Å². The molecule has 6 heteroatoms. The molecule has 0 saturated carbocycles. The van der Waals surface area contributed by atoms with E-state index in [0.717, 1.165) is 16.7 Å². The largest absolute Gasteiger partial charge is 0.263 e. The van der Waals surface area contributed by atoms with Crippen molar-refractivity contribution in [1.82, 2.24) is 19.7 Å². The third-order valence-corrected chi connectivity index (χ3v) is 2.48. The fourth-order valence-electron chi connectivity index (χ4n) is 1.39. The standard InChI is InChI=1S/C8H8Cl2N4/c1-4-6-7(14(2)13-4)8(10)12-5(3-9)11-6/h3H2,1-2H3. The summed E-state index contributed by atoms with van der Waals surface area (Å²) in [6, 6.07) is 0. The molecule has 74 valence electrons. The first-order valence-electron chi connectivity index (χ1n) is 4.05. The summed E-state index contributed by atoms with van der Waals surface area (Å²) >= 11 is 11.6. The molecule has 2 aromatic rings. The third kappa shape index (κ3) is 1.35. The lowest BCUT2D eigenvalue weighted by Crippen LogP contribution is -1.95. The summed E-state index contributed by atoms with van der Waals surface area (Å²) in [7, 11) is 1.81. The van der Waals surface area contributed by atoms with Crippen LogP contribution < -0.4 is 0 Å². The van der Waals surface area contributed by atoms with E-state index in [-0.39, 0.29) is 5.88 Å². The normalized spacial score (nSPS) is 11.1. The molecule has 2 aromatic heterocycles. The van der Waals surface area contributed by atoms with Crippen molar-refractivity contribution in [3.8, 4) is 0 Å². The first-order chi connectivity index (χ1) is 6.63. The Morgan fingerprint density at radius 1 is 1.36 bits per heavy atom. The topological polar surface area (TPSA) is 43.6 Å². The van der Waals surface area contributed by atoms with E-state index in [0.29, 0.717) is 11.0 Å². The van der Waals surface area contributed by atoms with Crippen LogP contribution in [0.2, 0.25) is 5.15 Å². The molecule has 0 N–H and O–H groups in total. The number of aryl methyl sites for hydroxylation is 2. The maximum absolute atomic E-state index is 5.99. The molecule has 0 aliphatic heterocycles. The van der Waals surface area contributed by atoms with Crippen molar-refractivity contribution in [2.24, 2.45) is 7.05 Å². The van der Waals surface area contributed by atoms with Crippen LogP contribution in [0.5, 0.6) is 0 Å². The zero-order valence-electron chi connectivity index (χ0n) is 7.75. The van der Waals surface area contributed by atoms with Crippen molar-refractivity contribution in [3.05, 3.63) is 16.7 Å². The van der Waals surface area contributed by atoms with Crippen LogP contribution in [0.4, 0.5) is 0 Å². The second kappa shape index (κ2) is 3.37.